The molecule has 0 bridgehead atoms. The summed E-state index contributed by atoms with van der Waals surface area (Å²) in [4.78, 5) is 20.6. The van der Waals surface area contributed by atoms with Gasteiger partial charge in [0.25, 0.3) is 15.9 Å². The van der Waals surface area contributed by atoms with Crippen molar-refractivity contribution < 1.29 is 13.2 Å². The Labute approximate surface area is 210 Å². The lowest BCUT2D eigenvalue weighted by Gasteiger charge is -2.34. The summed E-state index contributed by atoms with van der Waals surface area (Å²) in [5.41, 5.74) is 1.29. The monoisotopic (exact) mass is 507 g/mol. The van der Waals surface area contributed by atoms with E-state index in [9.17, 15) is 13.2 Å². The zero-order valence-corrected chi connectivity index (χ0v) is 22.9. The molecule has 1 unspecified atom stereocenters. The van der Waals surface area contributed by atoms with Gasteiger partial charge in [0.15, 0.2) is 0 Å². The van der Waals surface area contributed by atoms with Crippen LogP contribution in [0.3, 0.4) is 0 Å². The summed E-state index contributed by atoms with van der Waals surface area (Å²) in [5.74, 6) is 0.332. The van der Waals surface area contributed by atoms with Gasteiger partial charge in [0.1, 0.15) is 14.6 Å². The van der Waals surface area contributed by atoms with Crippen molar-refractivity contribution in [1.29, 1.82) is 0 Å². The van der Waals surface area contributed by atoms with Gasteiger partial charge in [-0.15, -0.1) is 0 Å². The summed E-state index contributed by atoms with van der Waals surface area (Å²) in [6.07, 6.45) is 0.966. The maximum absolute atomic E-state index is 13.3. The second-order valence-electron chi connectivity index (χ2n) is 10.2. The van der Waals surface area contributed by atoms with Gasteiger partial charge in [0.05, 0.1) is 10.5 Å². The maximum atomic E-state index is 13.3. The number of anilines is 1. The van der Waals surface area contributed by atoms with E-state index in [1.807, 2.05) is 6.07 Å². The van der Waals surface area contributed by atoms with Crippen LogP contribution >= 0.6 is 0 Å². The third-order valence-corrected chi connectivity index (χ3v) is 10.7. The van der Waals surface area contributed by atoms with Gasteiger partial charge in [-0.05, 0) is 57.4 Å². The number of nitrogens with one attached hydrogen (secondary N) is 1. The highest BCUT2D eigenvalue weighted by Crippen LogP contribution is 2.37. The second kappa shape index (κ2) is 9.58. The summed E-state index contributed by atoms with van der Waals surface area (Å²) < 4.78 is 28.0. The molecule has 35 heavy (non-hydrogen) atoms. The summed E-state index contributed by atoms with van der Waals surface area (Å²) in [6.45, 7) is 11.5. The van der Waals surface area contributed by atoms with Crippen molar-refractivity contribution in [2.45, 2.75) is 51.1 Å². The van der Waals surface area contributed by atoms with Crippen LogP contribution in [0.1, 0.15) is 43.1 Å². The van der Waals surface area contributed by atoms with E-state index in [2.05, 4.69) is 68.1 Å². The van der Waals surface area contributed by atoms with E-state index >= 15 is 0 Å². The lowest BCUT2D eigenvalue weighted by molar-refractivity contribution is 0.0981. The molecule has 1 aliphatic heterocycles. The Balaban J connectivity index is 1.75. The van der Waals surface area contributed by atoms with Crippen molar-refractivity contribution in [3.05, 3.63) is 77.9 Å². The van der Waals surface area contributed by atoms with Crippen molar-refractivity contribution in [3.8, 4) is 0 Å². The SMILES string of the molecule is Cc1ccc([SiH](C)c2ccc(C(=O)NS(=O)(=O)c3ccccc3)c(N3C[C@@H](C)CC3(C)C)n2)cc1. The second-order valence-corrected chi connectivity index (χ2v) is 14.6. The smallest absolute Gasteiger partial charge is 0.268 e. The minimum absolute atomic E-state index is 0.0509. The number of hydrogen-bond donors (Lipinski definition) is 1. The molecule has 0 aliphatic carbocycles. The zero-order valence-electron chi connectivity index (χ0n) is 20.9. The predicted molar refractivity (Wildman–Crippen MR) is 144 cm³/mol. The fourth-order valence-corrected chi connectivity index (χ4v) is 7.71. The molecule has 8 heteroatoms. The fourth-order valence-electron chi connectivity index (χ4n) is 4.91. The molecule has 184 valence electrons. The molecule has 4 rings (SSSR count). The van der Waals surface area contributed by atoms with Crippen LogP contribution in [-0.4, -0.2) is 40.2 Å². The first-order valence-electron chi connectivity index (χ1n) is 12.0. The Kier molecular flexibility index (Phi) is 6.88. The molecule has 1 amide bonds. The van der Waals surface area contributed by atoms with Gasteiger partial charge >= 0.3 is 0 Å². The van der Waals surface area contributed by atoms with Crippen LogP contribution in [0.2, 0.25) is 6.55 Å². The third kappa shape index (κ3) is 5.33. The van der Waals surface area contributed by atoms with Crippen LogP contribution in [0.15, 0.2) is 71.6 Å². The molecular formula is C27H33N3O3SSi. The number of carbonyl (C=O) groups excluding carboxylic acids is 1. The topological polar surface area (TPSA) is 79.4 Å². The number of carbonyl (C=O) groups is 1. The summed E-state index contributed by atoms with van der Waals surface area (Å²) in [5, 5.41) is 2.24. The molecule has 3 aromatic rings. The van der Waals surface area contributed by atoms with E-state index in [0.29, 0.717) is 11.7 Å². The molecule has 0 radical (unpaired) electrons. The molecule has 6 nitrogen and oxygen atoms in total. The molecule has 1 saturated heterocycles. The third-order valence-electron chi connectivity index (χ3n) is 6.77. The van der Waals surface area contributed by atoms with Gasteiger partial charge in [-0.2, -0.15) is 0 Å². The lowest BCUT2D eigenvalue weighted by Crippen LogP contribution is -2.45. The van der Waals surface area contributed by atoms with E-state index in [-0.39, 0.29) is 16.0 Å². The van der Waals surface area contributed by atoms with Crippen molar-refractivity contribution in [3.63, 3.8) is 0 Å². The van der Waals surface area contributed by atoms with Crippen LogP contribution in [0.5, 0.6) is 0 Å². The largest absolute Gasteiger partial charge is 0.351 e. The molecular weight excluding hydrogens is 474 g/mol. The Morgan fingerprint density at radius 2 is 1.71 bits per heavy atom. The van der Waals surface area contributed by atoms with Crippen LogP contribution in [-0.2, 0) is 10.0 Å². The Bertz CT molecular complexity index is 1330. The first kappa shape index (κ1) is 25.1. The van der Waals surface area contributed by atoms with Crippen molar-refractivity contribution in [1.82, 2.24) is 9.71 Å². The Morgan fingerprint density at radius 3 is 2.31 bits per heavy atom. The number of hydrogen-bond acceptors (Lipinski definition) is 5. The summed E-state index contributed by atoms with van der Waals surface area (Å²) in [6, 6.07) is 20.1. The van der Waals surface area contributed by atoms with E-state index in [1.165, 1.54) is 22.9 Å². The number of sulfonamides is 1. The first-order valence-corrected chi connectivity index (χ1v) is 15.7. The average Bonchev–Trinajstić information content (AvgIpc) is 3.10. The minimum Gasteiger partial charge on any atom is -0.351 e. The van der Waals surface area contributed by atoms with Crippen LogP contribution in [0.25, 0.3) is 0 Å². The van der Waals surface area contributed by atoms with Gasteiger partial charge in [-0.3, -0.25) is 4.79 Å². The van der Waals surface area contributed by atoms with Crippen molar-refractivity contribution in [2.24, 2.45) is 5.92 Å². The predicted octanol–water partition coefficient (Wildman–Crippen LogP) is 3.10. The summed E-state index contributed by atoms with van der Waals surface area (Å²) >= 11 is 0. The van der Waals surface area contributed by atoms with Gasteiger partial charge in [0, 0.05) is 17.4 Å². The van der Waals surface area contributed by atoms with E-state index in [0.717, 1.165) is 18.3 Å². The Morgan fingerprint density at radius 1 is 1.06 bits per heavy atom. The van der Waals surface area contributed by atoms with Gasteiger partial charge in [-0.1, -0.05) is 66.7 Å². The molecule has 1 aliphatic rings. The number of pyridine rings is 1. The highest BCUT2D eigenvalue weighted by atomic mass is 32.2. The average molecular weight is 508 g/mol. The number of aryl methyl sites for hydroxylation is 1. The number of benzene rings is 2. The van der Waals surface area contributed by atoms with Crippen LogP contribution in [0.4, 0.5) is 5.82 Å². The number of amides is 1. The summed E-state index contributed by atoms with van der Waals surface area (Å²) in [7, 11) is -5.60. The van der Waals surface area contributed by atoms with Gasteiger partial charge in [0.2, 0.25) is 0 Å². The molecule has 2 atom stereocenters. The number of rotatable bonds is 6. The van der Waals surface area contributed by atoms with Crippen LogP contribution in [0, 0.1) is 12.8 Å². The highest BCUT2D eigenvalue weighted by molar-refractivity contribution is 7.90. The van der Waals surface area contributed by atoms with Crippen molar-refractivity contribution in [2.75, 3.05) is 11.4 Å². The molecule has 0 saturated carbocycles. The van der Waals surface area contributed by atoms with E-state index in [1.54, 1.807) is 24.3 Å². The number of aromatic nitrogens is 1. The van der Waals surface area contributed by atoms with Gasteiger partial charge in [-0.25, -0.2) is 18.1 Å². The molecule has 1 fully saturated rings. The number of nitrogens with zero attached hydrogens (tertiary/aromatic N) is 2. The molecule has 2 heterocycles. The molecule has 0 spiro atoms. The molecule has 2 aromatic carbocycles. The van der Waals surface area contributed by atoms with E-state index in [4.69, 9.17) is 4.98 Å². The normalized spacial score (nSPS) is 18.3. The lowest BCUT2D eigenvalue weighted by atomic mass is 9.97. The molecule has 1 N–H and O–H groups in total. The zero-order chi connectivity index (χ0) is 25.4. The maximum Gasteiger partial charge on any atom is 0.268 e. The minimum atomic E-state index is -4.00. The quantitative estimate of drug-likeness (QED) is 0.519. The van der Waals surface area contributed by atoms with Crippen LogP contribution < -0.4 is 20.1 Å². The molecule has 1 aromatic heterocycles. The Hall–Kier alpha value is -2.97. The van der Waals surface area contributed by atoms with Gasteiger partial charge < -0.3 is 4.90 Å². The van der Waals surface area contributed by atoms with Crippen molar-refractivity contribution >= 4 is 41.0 Å². The fraction of sp³-hybridized carbons (Fsp3) is 0.333. The standard InChI is InChI=1S/C27H33N3O3SSi/c1-19-11-13-22(14-12-19)35(5)24-16-15-23(25(28-24)30-18-20(2)17-27(30,3)4)26(31)29-34(32,33)21-9-7-6-8-10-21/h6-16,20,35H,17-18H2,1-5H3,(H,29,31)/t20-,35?/m0/s1. The van der Waals surface area contributed by atoms with E-state index < -0.39 is 24.7 Å². The first-order chi connectivity index (χ1) is 16.5. The highest BCUT2D eigenvalue weighted by Gasteiger charge is 2.39.